The SMILES string of the molecule is CSCCC(C(=O)NC1CCC(C)CC1)N1C(=O)C2CCCCC2C1=O. The van der Waals surface area contributed by atoms with Gasteiger partial charge in [0, 0.05) is 6.04 Å². The van der Waals surface area contributed by atoms with Gasteiger partial charge in [-0.25, -0.2) is 0 Å². The van der Waals surface area contributed by atoms with E-state index >= 15 is 0 Å². The highest BCUT2D eigenvalue weighted by Gasteiger charge is 2.51. The van der Waals surface area contributed by atoms with E-state index in [2.05, 4.69) is 12.2 Å². The van der Waals surface area contributed by atoms with Crippen molar-refractivity contribution in [2.75, 3.05) is 12.0 Å². The topological polar surface area (TPSA) is 66.5 Å². The van der Waals surface area contributed by atoms with Crippen LogP contribution in [0.4, 0.5) is 0 Å². The smallest absolute Gasteiger partial charge is 0.243 e. The Kier molecular flexibility index (Phi) is 6.65. The van der Waals surface area contributed by atoms with E-state index in [1.807, 2.05) is 6.26 Å². The maximum absolute atomic E-state index is 13.0. The van der Waals surface area contributed by atoms with Gasteiger partial charge in [-0.3, -0.25) is 19.3 Å². The number of carbonyl (C=O) groups is 3. The third-order valence-electron chi connectivity index (χ3n) is 6.45. The largest absolute Gasteiger partial charge is 0.352 e. The van der Waals surface area contributed by atoms with Gasteiger partial charge in [0.25, 0.3) is 0 Å². The van der Waals surface area contributed by atoms with Crippen LogP contribution < -0.4 is 5.32 Å². The molecule has 0 spiro atoms. The van der Waals surface area contributed by atoms with Gasteiger partial charge in [-0.2, -0.15) is 11.8 Å². The van der Waals surface area contributed by atoms with Crippen molar-refractivity contribution in [2.24, 2.45) is 17.8 Å². The molecule has 0 aromatic carbocycles. The van der Waals surface area contributed by atoms with Crippen molar-refractivity contribution >= 4 is 29.5 Å². The summed E-state index contributed by atoms with van der Waals surface area (Å²) in [6.45, 7) is 2.25. The minimum Gasteiger partial charge on any atom is -0.352 e. The molecule has 0 aromatic heterocycles. The van der Waals surface area contributed by atoms with E-state index in [-0.39, 0.29) is 35.6 Å². The standard InChI is InChI=1S/C20H32N2O3S/c1-13-7-9-14(10-8-13)21-18(23)17(11-12-26-2)22-19(24)15-5-3-4-6-16(15)20(22)25/h13-17H,3-12H2,1-2H3,(H,21,23). The number of amides is 3. The molecule has 2 saturated carbocycles. The highest BCUT2D eigenvalue weighted by molar-refractivity contribution is 7.98. The predicted molar refractivity (Wildman–Crippen MR) is 104 cm³/mol. The van der Waals surface area contributed by atoms with Crippen LogP contribution >= 0.6 is 11.8 Å². The highest BCUT2D eigenvalue weighted by atomic mass is 32.2. The normalized spacial score (nSPS) is 33.1. The Morgan fingerprint density at radius 2 is 1.65 bits per heavy atom. The molecule has 2 aliphatic carbocycles. The Morgan fingerprint density at radius 3 is 2.19 bits per heavy atom. The van der Waals surface area contributed by atoms with Gasteiger partial charge in [-0.05, 0) is 62.9 Å². The fourth-order valence-corrected chi connectivity index (χ4v) is 5.26. The molecule has 3 amide bonds. The second kappa shape index (κ2) is 8.77. The average molecular weight is 381 g/mol. The molecular weight excluding hydrogens is 348 g/mol. The molecular formula is C20H32N2O3S. The average Bonchev–Trinajstić information content (AvgIpc) is 2.89. The minimum atomic E-state index is -0.632. The van der Waals surface area contributed by atoms with Crippen LogP contribution in [0.3, 0.4) is 0 Å². The summed E-state index contributed by atoms with van der Waals surface area (Å²) >= 11 is 1.65. The van der Waals surface area contributed by atoms with Crippen LogP contribution in [0.1, 0.15) is 64.7 Å². The maximum atomic E-state index is 13.0. The fraction of sp³-hybridized carbons (Fsp3) is 0.850. The van der Waals surface area contributed by atoms with E-state index in [1.54, 1.807) is 11.8 Å². The Morgan fingerprint density at radius 1 is 1.08 bits per heavy atom. The van der Waals surface area contributed by atoms with Gasteiger partial charge in [-0.15, -0.1) is 0 Å². The zero-order valence-corrected chi connectivity index (χ0v) is 16.9. The molecule has 1 aliphatic heterocycles. The Labute approximate surface area is 161 Å². The number of rotatable bonds is 6. The number of imide groups is 1. The molecule has 1 heterocycles. The first kappa shape index (κ1) is 19.7. The molecule has 0 radical (unpaired) electrons. The number of thioether (sulfide) groups is 1. The first-order chi connectivity index (χ1) is 12.5. The summed E-state index contributed by atoms with van der Waals surface area (Å²) < 4.78 is 0. The van der Waals surface area contributed by atoms with Gasteiger partial charge in [0.1, 0.15) is 6.04 Å². The minimum absolute atomic E-state index is 0.0989. The molecule has 146 valence electrons. The summed E-state index contributed by atoms with van der Waals surface area (Å²) in [4.78, 5) is 40.2. The Hall–Kier alpha value is -1.04. The number of likely N-dealkylation sites (tertiary alicyclic amines) is 1. The van der Waals surface area contributed by atoms with Crippen LogP contribution in [0.15, 0.2) is 0 Å². The third-order valence-corrected chi connectivity index (χ3v) is 7.09. The van der Waals surface area contributed by atoms with E-state index in [0.29, 0.717) is 6.42 Å². The third kappa shape index (κ3) is 4.10. The van der Waals surface area contributed by atoms with Crippen molar-refractivity contribution < 1.29 is 14.4 Å². The van der Waals surface area contributed by atoms with Crippen LogP contribution in [0.2, 0.25) is 0 Å². The summed E-state index contributed by atoms with van der Waals surface area (Å²) in [5, 5.41) is 3.15. The monoisotopic (exact) mass is 380 g/mol. The molecule has 3 unspecified atom stereocenters. The van der Waals surface area contributed by atoms with E-state index in [0.717, 1.165) is 63.0 Å². The second-order valence-electron chi connectivity index (χ2n) is 8.31. The van der Waals surface area contributed by atoms with Crippen LogP contribution in [-0.4, -0.2) is 46.7 Å². The first-order valence-electron chi connectivity index (χ1n) is 10.2. The maximum Gasteiger partial charge on any atom is 0.243 e. The van der Waals surface area contributed by atoms with Crippen LogP contribution in [0.25, 0.3) is 0 Å². The summed E-state index contributed by atoms with van der Waals surface area (Å²) in [6.07, 6.45) is 10.4. The van der Waals surface area contributed by atoms with E-state index in [4.69, 9.17) is 0 Å². The molecule has 3 fully saturated rings. The number of fused-ring (bicyclic) bond motifs is 1. The van der Waals surface area contributed by atoms with Gasteiger partial charge in [0.2, 0.25) is 17.7 Å². The molecule has 0 bridgehead atoms. The van der Waals surface area contributed by atoms with Crippen molar-refractivity contribution in [2.45, 2.75) is 76.8 Å². The van der Waals surface area contributed by atoms with Gasteiger partial charge >= 0.3 is 0 Å². The van der Waals surface area contributed by atoms with E-state index in [9.17, 15) is 14.4 Å². The van der Waals surface area contributed by atoms with Crippen molar-refractivity contribution in [3.63, 3.8) is 0 Å². The second-order valence-corrected chi connectivity index (χ2v) is 9.29. The molecule has 3 aliphatic rings. The van der Waals surface area contributed by atoms with Crippen molar-refractivity contribution in [1.82, 2.24) is 10.2 Å². The zero-order chi connectivity index (χ0) is 18.7. The lowest BCUT2D eigenvalue weighted by Gasteiger charge is -2.31. The van der Waals surface area contributed by atoms with Crippen molar-refractivity contribution in [1.29, 1.82) is 0 Å². The highest BCUT2D eigenvalue weighted by Crippen LogP contribution is 2.39. The van der Waals surface area contributed by atoms with Gasteiger partial charge < -0.3 is 5.32 Å². The summed E-state index contributed by atoms with van der Waals surface area (Å²) in [5.74, 6) is 0.801. The lowest BCUT2D eigenvalue weighted by molar-refractivity contribution is -0.148. The summed E-state index contributed by atoms with van der Waals surface area (Å²) in [7, 11) is 0. The van der Waals surface area contributed by atoms with Crippen molar-refractivity contribution in [3.8, 4) is 0 Å². The molecule has 3 rings (SSSR count). The lowest BCUT2D eigenvalue weighted by atomic mass is 9.81. The Bertz CT molecular complexity index is 521. The quantitative estimate of drug-likeness (QED) is 0.720. The number of hydrogen-bond acceptors (Lipinski definition) is 4. The zero-order valence-electron chi connectivity index (χ0n) is 16.0. The molecule has 3 atom stereocenters. The molecule has 1 saturated heterocycles. The molecule has 5 nitrogen and oxygen atoms in total. The van der Waals surface area contributed by atoms with Gasteiger partial charge in [0.05, 0.1) is 11.8 Å². The molecule has 26 heavy (non-hydrogen) atoms. The molecule has 6 heteroatoms. The number of nitrogens with one attached hydrogen (secondary N) is 1. The molecule has 0 aromatic rings. The number of hydrogen-bond donors (Lipinski definition) is 1. The van der Waals surface area contributed by atoms with E-state index < -0.39 is 6.04 Å². The number of carbonyl (C=O) groups excluding carboxylic acids is 3. The van der Waals surface area contributed by atoms with Crippen LogP contribution in [0.5, 0.6) is 0 Å². The van der Waals surface area contributed by atoms with Gasteiger partial charge in [-0.1, -0.05) is 19.8 Å². The fourth-order valence-electron chi connectivity index (χ4n) is 4.80. The Balaban J connectivity index is 1.71. The van der Waals surface area contributed by atoms with Crippen LogP contribution in [0, 0.1) is 17.8 Å². The van der Waals surface area contributed by atoms with E-state index in [1.165, 1.54) is 4.90 Å². The predicted octanol–water partition coefficient (Wildman–Crippen LogP) is 2.98. The van der Waals surface area contributed by atoms with Crippen molar-refractivity contribution in [3.05, 3.63) is 0 Å². The molecule has 1 N–H and O–H groups in total. The first-order valence-corrected chi connectivity index (χ1v) is 11.6. The van der Waals surface area contributed by atoms with Crippen LogP contribution in [-0.2, 0) is 14.4 Å². The summed E-state index contributed by atoms with van der Waals surface area (Å²) in [5.41, 5.74) is 0. The summed E-state index contributed by atoms with van der Waals surface area (Å²) in [6, 6.07) is -0.446. The van der Waals surface area contributed by atoms with Gasteiger partial charge in [0.15, 0.2) is 0 Å². The number of nitrogens with zero attached hydrogens (tertiary/aromatic N) is 1. The lowest BCUT2D eigenvalue weighted by Crippen LogP contribution is -2.52.